The monoisotopic (exact) mass is 242 g/mol. The minimum Gasteiger partial charge on any atom is -0.488 e. The standard InChI is InChI=1S/C15H16NO2/c1-16(17)11-14-9-5-6-10-15(14)18-12-13-7-3-2-4-8-13/h2-11,17H,12H2,1H3/q+1/b16-11-. The van der Waals surface area contributed by atoms with Gasteiger partial charge in [-0.15, -0.1) is 0 Å². The first-order valence-corrected chi connectivity index (χ1v) is 5.78. The summed E-state index contributed by atoms with van der Waals surface area (Å²) in [4.78, 5) is 0. The van der Waals surface area contributed by atoms with Crippen LogP contribution in [0, 0.1) is 0 Å². The molecule has 0 amide bonds. The lowest BCUT2D eigenvalue weighted by atomic mass is 10.2. The van der Waals surface area contributed by atoms with E-state index in [9.17, 15) is 5.21 Å². The highest BCUT2D eigenvalue weighted by Gasteiger charge is 2.04. The molecule has 0 saturated carbocycles. The molecule has 0 bridgehead atoms. The van der Waals surface area contributed by atoms with E-state index in [0.717, 1.165) is 21.6 Å². The van der Waals surface area contributed by atoms with E-state index in [0.29, 0.717) is 6.61 Å². The summed E-state index contributed by atoms with van der Waals surface area (Å²) < 4.78 is 6.77. The SMILES string of the molecule is C/[N+](O)=C/c1ccccc1OCc1ccccc1. The average Bonchev–Trinajstić information content (AvgIpc) is 2.38. The van der Waals surface area contributed by atoms with Gasteiger partial charge in [0.15, 0.2) is 7.05 Å². The second-order valence-corrected chi connectivity index (χ2v) is 4.01. The first-order valence-electron chi connectivity index (χ1n) is 5.78. The van der Waals surface area contributed by atoms with Gasteiger partial charge >= 0.3 is 0 Å². The van der Waals surface area contributed by atoms with Crippen LogP contribution in [-0.2, 0) is 6.61 Å². The Morgan fingerprint density at radius 1 is 1.06 bits per heavy atom. The quantitative estimate of drug-likeness (QED) is 0.387. The summed E-state index contributed by atoms with van der Waals surface area (Å²) >= 11 is 0. The van der Waals surface area contributed by atoms with Gasteiger partial charge in [0.25, 0.3) is 0 Å². The van der Waals surface area contributed by atoms with Gasteiger partial charge < -0.3 is 4.74 Å². The topological polar surface area (TPSA) is 32.5 Å². The summed E-state index contributed by atoms with van der Waals surface area (Å²) in [6, 6.07) is 17.6. The van der Waals surface area contributed by atoms with Crippen LogP contribution in [0.3, 0.4) is 0 Å². The van der Waals surface area contributed by atoms with Crippen molar-refractivity contribution in [3.63, 3.8) is 0 Å². The average molecular weight is 242 g/mol. The van der Waals surface area contributed by atoms with Crippen molar-refractivity contribution in [3.8, 4) is 5.75 Å². The molecule has 2 aromatic rings. The molecule has 0 saturated heterocycles. The van der Waals surface area contributed by atoms with Gasteiger partial charge in [-0.05, 0) is 22.4 Å². The molecule has 0 spiro atoms. The van der Waals surface area contributed by atoms with Crippen LogP contribution in [0.2, 0.25) is 0 Å². The zero-order chi connectivity index (χ0) is 12.8. The molecule has 92 valence electrons. The van der Waals surface area contributed by atoms with Gasteiger partial charge in [0, 0.05) is 0 Å². The highest BCUT2D eigenvalue weighted by atomic mass is 16.5. The number of rotatable bonds is 4. The van der Waals surface area contributed by atoms with E-state index < -0.39 is 0 Å². The van der Waals surface area contributed by atoms with E-state index in [2.05, 4.69) is 0 Å². The third-order valence-corrected chi connectivity index (χ3v) is 2.48. The lowest BCUT2D eigenvalue weighted by Gasteiger charge is -2.07. The first kappa shape index (κ1) is 12.2. The number of hydrogen-bond donors (Lipinski definition) is 1. The molecule has 0 unspecified atom stereocenters. The number of para-hydroxylation sites is 1. The van der Waals surface area contributed by atoms with Crippen molar-refractivity contribution in [3.05, 3.63) is 65.7 Å². The van der Waals surface area contributed by atoms with Crippen LogP contribution in [0.1, 0.15) is 11.1 Å². The molecule has 0 aromatic heterocycles. The van der Waals surface area contributed by atoms with Crippen molar-refractivity contribution in [1.82, 2.24) is 0 Å². The van der Waals surface area contributed by atoms with Gasteiger partial charge in [-0.1, -0.05) is 42.5 Å². The van der Waals surface area contributed by atoms with Gasteiger partial charge in [0.2, 0.25) is 6.21 Å². The third kappa shape index (κ3) is 3.35. The Labute approximate surface area is 107 Å². The van der Waals surface area contributed by atoms with Crippen LogP contribution in [0.15, 0.2) is 54.6 Å². The molecule has 0 radical (unpaired) electrons. The van der Waals surface area contributed by atoms with Crippen molar-refractivity contribution in [2.75, 3.05) is 7.05 Å². The fraction of sp³-hybridized carbons (Fsp3) is 0.133. The van der Waals surface area contributed by atoms with E-state index in [1.807, 2.05) is 54.6 Å². The molecule has 18 heavy (non-hydrogen) atoms. The van der Waals surface area contributed by atoms with Crippen LogP contribution < -0.4 is 4.74 Å². The van der Waals surface area contributed by atoms with Crippen molar-refractivity contribution in [2.45, 2.75) is 6.61 Å². The minimum atomic E-state index is 0.515. The molecular formula is C15H16NO2+. The molecule has 0 atom stereocenters. The molecule has 3 nitrogen and oxygen atoms in total. The van der Waals surface area contributed by atoms with Crippen LogP contribution in [0.5, 0.6) is 5.75 Å². The summed E-state index contributed by atoms with van der Waals surface area (Å²) in [7, 11) is 1.56. The highest BCUT2D eigenvalue weighted by molar-refractivity contribution is 5.79. The Hall–Kier alpha value is -2.29. The Morgan fingerprint density at radius 2 is 1.72 bits per heavy atom. The second kappa shape index (κ2) is 5.87. The smallest absolute Gasteiger partial charge is 0.226 e. The molecule has 0 aliphatic rings. The molecule has 3 heteroatoms. The van der Waals surface area contributed by atoms with Crippen molar-refractivity contribution < 1.29 is 14.7 Å². The van der Waals surface area contributed by atoms with E-state index in [4.69, 9.17) is 4.74 Å². The fourth-order valence-electron chi connectivity index (χ4n) is 1.66. The summed E-state index contributed by atoms with van der Waals surface area (Å²) in [6.45, 7) is 0.515. The lowest BCUT2D eigenvalue weighted by molar-refractivity contribution is -0.751. The third-order valence-electron chi connectivity index (χ3n) is 2.48. The molecular weight excluding hydrogens is 226 g/mol. The van der Waals surface area contributed by atoms with E-state index in [1.54, 1.807) is 13.3 Å². The molecule has 2 aromatic carbocycles. The predicted molar refractivity (Wildman–Crippen MR) is 70.4 cm³/mol. The van der Waals surface area contributed by atoms with Crippen molar-refractivity contribution in [1.29, 1.82) is 0 Å². The molecule has 1 N–H and O–H groups in total. The maximum Gasteiger partial charge on any atom is 0.226 e. The maximum atomic E-state index is 9.24. The summed E-state index contributed by atoms with van der Waals surface area (Å²) in [6.07, 6.45) is 1.61. The number of benzene rings is 2. The lowest BCUT2D eigenvalue weighted by Crippen LogP contribution is -2.04. The van der Waals surface area contributed by atoms with Crippen LogP contribution in [0.25, 0.3) is 0 Å². The largest absolute Gasteiger partial charge is 0.488 e. The normalized spacial score (nSPS) is 11.3. The first-order chi connectivity index (χ1) is 8.75. The fourth-order valence-corrected chi connectivity index (χ4v) is 1.66. The summed E-state index contributed by atoms with van der Waals surface area (Å²) in [5.74, 6) is 0.752. The highest BCUT2D eigenvalue weighted by Crippen LogP contribution is 2.17. The van der Waals surface area contributed by atoms with Gasteiger partial charge in [-0.25, -0.2) is 0 Å². The summed E-state index contributed by atoms with van der Waals surface area (Å²) in [5.41, 5.74) is 1.96. The van der Waals surface area contributed by atoms with E-state index in [1.165, 1.54) is 0 Å². The zero-order valence-electron chi connectivity index (χ0n) is 10.3. The zero-order valence-corrected chi connectivity index (χ0v) is 10.3. The van der Waals surface area contributed by atoms with E-state index in [-0.39, 0.29) is 0 Å². The Bertz CT molecular complexity index is 531. The van der Waals surface area contributed by atoms with Gasteiger partial charge in [0.1, 0.15) is 12.4 Å². The number of nitrogens with zero attached hydrogens (tertiary/aromatic N) is 1. The van der Waals surface area contributed by atoms with Crippen LogP contribution in [-0.4, -0.2) is 23.2 Å². The number of hydrogen-bond acceptors (Lipinski definition) is 2. The van der Waals surface area contributed by atoms with E-state index >= 15 is 0 Å². The minimum absolute atomic E-state index is 0.515. The van der Waals surface area contributed by atoms with Crippen LogP contribution >= 0.6 is 0 Å². The Morgan fingerprint density at radius 3 is 2.44 bits per heavy atom. The van der Waals surface area contributed by atoms with Gasteiger partial charge in [-0.2, -0.15) is 0 Å². The number of ether oxygens (including phenoxy) is 1. The van der Waals surface area contributed by atoms with Crippen LogP contribution in [0.4, 0.5) is 0 Å². The van der Waals surface area contributed by atoms with Crippen molar-refractivity contribution >= 4 is 6.21 Å². The van der Waals surface area contributed by atoms with Gasteiger partial charge in [0.05, 0.1) is 5.56 Å². The molecule has 0 fully saturated rings. The Kier molecular flexibility index (Phi) is 3.97. The van der Waals surface area contributed by atoms with Gasteiger partial charge in [-0.3, -0.25) is 5.21 Å². The number of hydroxylamine groups is 1. The Balaban J connectivity index is 2.12. The maximum absolute atomic E-state index is 9.24. The second-order valence-electron chi connectivity index (χ2n) is 4.01. The molecule has 2 rings (SSSR count). The van der Waals surface area contributed by atoms with Crippen molar-refractivity contribution in [2.24, 2.45) is 0 Å². The predicted octanol–water partition coefficient (Wildman–Crippen LogP) is 2.72. The summed E-state index contributed by atoms with van der Waals surface area (Å²) in [5, 5.41) is 9.24. The molecule has 0 aliphatic heterocycles. The molecule has 0 heterocycles. The molecule has 0 aliphatic carbocycles.